The van der Waals surface area contributed by atoms with Gasteiger partial charge in [0.05, 0.1) is 23.1 Å². The van der Waals surface area contributed by atoms with Gasteiger partial charge in [-0.3, -0.25) is 0 Å². The van der Waals surface area contributed by atoms with Crippen LogP contribution in [0.15, 0.2) is 58.2 Å². The van der Waals surface area contributed by atoms with Gasteiger partial charge in [-0.1, -0.05) is 24.3 Å². The van der Waals surface area contributed by atoms with Crippen molar-refractivity contribution in [1.29, 1.82) is 0 Å². The Labute approximate surface area is 200 Å². The minimum absolute atomic E-state index is 0.200. The number of carbonyl (C=O) groups is 1. The smallest absolute Gasteiger partial charge is 0.416 e. The Morgan fingerprint density at radius 1 is 1.06 bits per heavy atom. The van der Waals surface area contributed by atoms with E-state index in [2.05, 4.69) is 5.32 Å². The van der Waals surface area contributed by atoms with Gasteiger partial charge >= 0.3 is 12.2 Å². The molecule has 0 radical (unpaired) electrons. The number of aliphatic hydroxyl groups is 1. The summed E-state index contributed by atoms with van der Waals surface area (Å²) in [6.07, 6.45) is -1.36. The van der Waals surface area contributed by atoms with E-state index in [1.807, 2.05) is 4.72 Å². The third-order valence-corrected chi connectivity index (χ3v) is 6.99. The van der Waals surface area contributed by atoms with E-state index >= 15 is 0 Å². The molecule has 1 aromatic heterocycles. The Bertz CT molecular complexity index is 1390. The van der Waals surface area contributed by atoms with E-state index in [-0.39, 0.29) is 16.8 Å². The Hall–Kier alpha value is -3.31. The summed E-state index contributed by atoms with van der Waals surface area (Å²) in [5.74, 6) is 0. The molecule has 0 saturated carbocycles. The number of anilines is 1. The fourth-order valence-corrected chi connectivity index (χ4v) is 4.86. The van der Waals surface area contributed by atoms with Crippen molar-refractivity contribution in [3.8, 4) is 11.1 Å². The number of carbonyl (C=O) groups excluding carboxylic acids is 1. The van der Waals surface area contributed by atoms with E-state index in [9.17, 15) is 31.5 Å². The summed E-state index contributed by atoms with van der Waals surface area (Å²) in [6.45, 7) is 2.89. The number of fused-ring (bicyclic) bond motifs is 1. The van der Waals surface area contributed by atoms with Gasteiger partial charge in [0.1, 0.15) is 0 Å². The molecular formula is C24H23F3N2O5S. The first-order valence-corrected chi connectivity index (χ1v) is 12.2. The molecule has 1 heterocycles. The number of alkyl halides is 3. The maximum atomic E-state index is 13.3. The predicted molar refractivity (Wildman–Crippen MR) is 122 cm³/mol. The van der Waals surface area contributed by atoms with Crippen molar-refractivity contribution < 1.29 is 35.9 Å². The number of aryl methyl sites for hydroxylation is 1. The van der Waals surface area contributed by atoms with Crippen LogP contribution < -0.4 is 10.0 Å². The molecule has 1 aliphatic carbocycles. The van der Waals surface area contributed by atoms with Crippen molar-refractivity contribution in [2.75, 3.05) is 5.32 Å². The highest BCUT2D eigenvalue weighted by molar-refractivity contribution is 7.89. The van der Waals surface area contributed by atoms with Gasteiger partial charge in [-0.25, -0.2) is 9.52 Å². The lowest BCUT2D eigenvalue weighted by Crippen LogP contribution is -2.34. The van der Waals surface area contributed by atoms with Crippen molar-refractivity contribution in [3.63, 3.8) is 0 Å². The van der Waals surface area contributed by atoms with Crippen LogP contribution in [0.5, 0.6) is 0 Å². The number of rotatable bonds is 5. The van der Waals surface area contributed by atoms with Gasteiger partial charge < -0.3 is 14.8 Å². The van der Waals surface area contributed by atoms with E-state index in [4.69, 9.17) is 4.42 Å². The average Bonchev–Trinajstić information content (AvgIpc) is 3.43. The number of hydrogen-bond acceptors (Lipinski definition) is 5. The second-order valence-corrected chi connectivity index (χ2v) is 10.4. The van der Waals surface area contributed by atoms with Crippen LogP contribution in [0.3, 0.4) is 0 Å². The maximum absolute atomic E-state index is 13.3. The number of halogens is 3. The number of hydrogen-bond donors (Lipinski definition) is 3. The predicted octanol–water partition coefficient (Wildman–Crippen LogP) is 5.19. The molecule has 0 saturated heterocycles. The van der Waals surface area contributed by atoms with Gasteiger partial charge in [0.2, 0.25) is 5.09 Å². The molecule has 3 aromatic rings. The first kappa shape index (κ1) is 24.8. The molecule has 35 heavy (non-hydrogen) atoms. The Balaban J connectivity index is 1.66. The van der Waals surface area contributed by atoms with Crippen LogP contribution in [0, 0.1) is 0 Å². The van der Waals surface area contributed by atoms with Gasteiger partial charge in [0, 0.05) is 17.2 Å². The zero-order valence-corrected chi connectivity index (χ0v) is 19.7. The summed E-state index contributed by atoms with van der Waals surface area (Å²) in [5, 5.41) is 12.0. The van der Waals surface area contributed by atoms with E-state index < -0.39 is 38.5 Å². The molecule has 2 aromatic carbocycles. The number of benzene rings is 2. The van der Waals surface area contributed by atoms with Crippen molar-refractivity contribution in [1.82, 2.24) is 4.72 Å². The molecule has 11 heteroatoms. The lowest BCUT2D eigenvalue weighted by Gasteiger charge is -2.17. The van der Waals surface area contributed by atoms with Gasteiger partial charge in [-0.15, -0.1) is 0 Å². The molecular weight excluding hydrogens is 485 g/mol. The Kier molecular flexibility index (Phi) is 6.18. The SMILES string of the molecule is CC(C)(O)c1coc(S(=O)(=O)NC(=O)Nc2c(-c3cccc(C(F)(F)F)c3)ccc3c2CCC3)c1. The van der Waals surface area contributed by atoms with Crippen LogP contribution in [0.2, 0.25) is 0 Å². The molecule has 4 rings (SSSR count). The molecule has 0 atom stereocenters. The van der Waals surface area contributed by atoms with Gasteiger partial charge in [0.25, 0.3) is 10.0 Å². The minimum Gasteiger partial charge on any atom is -0.451 e. The zero-order valence-electron chi connectivity index (χ0n) is 18.9. The first-order chi connectivity index (χ1) is 16.3. The van der Waals surface area contributed by atoms with E-state index in [1.165, 1.54) is 26.0 Å². The Morgan fingerprint density at radius 2 is 1.80 bits per heavy atom. The molecule has 0 spiro atoms. The molecule has 2 amide bonds. The van der Waals surface area contributed by atoms with E-state index in [0.717, 1.165) is 48.4 Å². The van der Waals surface area contributed by atoms with Crippen LogP contribution in [-0.4, -0.2) is 19.6 Å². The van der Waals surface area contributed by atoms with Crippen LogP contribution in [0.4, 0.5) is 23.7 Å². The first-order valence-electron chi connectivity index (χ1n) is 10.7. The highest BCUT2D eigenvalue weighted by atomic mass is 32.2. The quantitative estimate of drug-likeness (QED) is 0.440. The summed E-state index contributed by atoms with van der Waals surface area (Å²) in [7, 11) is -4.43. The molecule has 3 N–H and O–H groups in total. The topological polar surface area (TPSA) is 109 Å². The third-order valence-electron chi connectivity index (χ3n) is 5.80. The molecule has 0 bridgehead atoms. The molecule has 1 aliphatic rings. The molecule has 0 fully saturated rings. The normalized spacial score (nSPS) is 14.0. The maximum Gasteiger partial charge on any atom is 0.416 e. The number of urea groups is 1. The number of sulfonamides is 1. The molecule has 0 aliphatic heterocycles. The minimum atomic E-state index is -4.54. The van der Waals surface area contributed by atoms with Crippen LogP contribution in [0.1, 0.15) is 42.5 Å². The summed E-state index contributed by atoms with van der Waals surface area (Å²) in [6, 6.07) is 8.13. The number of amides is 2. The van der Waals surface area contributed by atoms with Crippen molar-refractivity contribution >= 4 is 21.7 Å². The second-order valence-electron chi connectivity index (χ2n) is 8.83. The van der Waals surface area contributed by atoms with Crippen LogP contribution in [0.25, 0.3) is 11.1 Å². The molecule has 0 unspecified atom stereocenters. The summed E-state index contributed by atoms with van der Waals surface area (Å²) in [5.41, 5.74) is 0.502. The second kappa shape index (κ2) is 8.72. The third kappa shape index (κ3) is 5.20. The average molecular weight is 509 g/mol. The van der Waals surface area contributed by atoms with Gasteiger partial charge in [-0.05, 0) is 61.9 Å². The standard InChI is InChI=1S/C24H23F3N2O5S/c1-23(2,31)17-12-20(34-13-17)35(32,33)29-22(30)28-21-18-8-4-5-14(18)9-10-19(21)15-6-3-7-16(11-15)24(25,26)27/h3,6-7,9-13,31H,4-5,8H2,1-2H3,(H2,28,29,30). The summed E-state index contributed by atoms with van der Waals surface area (Å²) < 4.78 is 72.0. The monoisotopic (exact) mass is 508 g/mol. The fourth-order valence-electron chi connectivity index (χ4n) is 4.00. The zero-order chi connectivity index (χ0) is 25.6. The molecule has 7 nitrogen and oxygen atoms in total. The van der Waals surface area contributed by atoms with Crippen LogP contribution in [-0.2, 0) is 34.6 Å². The Morgan fingerprint density at radius 3 is 2.46 bits per heavy atom. The van der Waals surface area contributed by atoms with Crippen molar-refractivity contribution in [2.45, 2.75) is 50.0 Å². The largest absolute Gasteiger partial charge is 0.451 e. The summed E-state index contributed by atoms with van der Waals surface area (Å²) in [4.78, 5) is 12.7. The number of furan rings is 1. The van der Waals surface area contributed by atoms with Gasteiger partial charge in [-0.2, -0.15) is 21.6 Å². The molecule has 186 valence electrons. The van der Waals surface area contributed by atoms with Crippen molar-refractivity contribution in [2.24, 2.45) is 0 Å². The van der Waals surface area contributed by atoms with Crippen LogP contribution >= 0.6 is 0 Å². The van der Waals surface area contributed by atoms with Gasteiger partial charge in [0.15, 0.2) is 0 Å². The van der Waals surface area contributed by atoms with E-state index in [1.54, 1.807) is 12.1 Å². The lowest BCUT2D eigenvalue weighted by molar-refractivity contribution is -0.137. The lowest BCUT2D eigenvalue weighted by atomic mass is 9.96. The fraction of sp³-hybridized carbons (Fsp3) is 0.292. The highest BCUT2D eigenvalue weighted by Crippen LogP contribution is 2.39. The highest BCUT2D eigenvalue weighted by Gasteiger charge is 2.31. The van der Waals surface area contributed by atoms with Crippen molar-refractivity contribution in [3.05, 3.63) is 71.0 Å². The number of nitrogens with one attached hydrogen (secondary N) is 2. The van der Waals surface area contributed by atoms with E-state index in [0.29, 0.717) is 12.0 Å². The summed E-state index contributed by atoms with van der Waals surface area (Å²) >= 11 is 0.